The molecule has 0 atom stereocenters. The molecule has 0 saturated heterocycles. The predicted octanol–water partition coefficient (Wildman–Crippen LogP) is 6.69. The van der Waals surface area contributed by atoms with Gasteiger partial charge < -0.3 is 10.2 Å². The van der Waals surface area contributed by atoms with Crippen molar-refractivity contribution in [3.05, 3.63) is 102 Å². The fraction of sp³-hybridized carbons (Fsp3) is 0.115. The van der Waals surface area contributed by atoms with Crippen molar-refractivity contribution >= 4 is 33.2 Å². The third-order valence-corrected chi connectivity index (χ3v) is 5.05. The van der Waals surface area contributed by atoms with E-state index in [9.17, 15) is 0 Å². The van der Waals surface area contributed by atoms with Crippen molar-refractivity contribution in [2.24, 2.45) is 10.7 Å². The molecule has 4 aromatic rings. The van der Waals surface area contributed by atoms with E-state index in [4.69, 9.17) is 10.2 Å². The summed E-state index contributed by atoms with van der Waals surface area (Å²) in [6, 6.07) is 24.7. The number of rotatable bonds is 6. The number of fused-ring (bicyclic) bond motifs is 3. The summed E-state index contributed by atoms with van der Waals surface area (Å²) in [5.41, 5.74) is 12.0. The maximum atomic E-state index is 5.93. The van der Waals surface area contributed by atoms with Crippen LogP contribution >= 0.6 is 0 Å². The summed E-state index contributed by atoms with van der Waals surface area (Å²) in [7, 11) is 0. The molecule has 0 fully saturated rings. The fourth-order valence-corrected chi connectivity index (χ4v) is 3.58. The third-order valence-electron chi connectivity index (χ3n) is 5.05. The average molecular weight is 380 g/mol. The Morgan fingerprint density at radius 1 is 0.931 bits per heavy atom. The number of nitrogens with zero attached hydrogens (tertiary/aromatic N) is 1. The molecule has 0 aliphatic rings. The Morgan fingerprint density at radius 2 is 1.66 bits per heavy atom. The SMILES string of the molecule is C=C(N)/N=C(\CC/C=C(\C)c1ccc2oc3ccccc3c2c1)c1ccccc1. The van der Waals surface area contributed by atoms with Gasteiger partial charge >= 0.3 is 0 Å². The predicted molar refractivity (Wildman–Crippen MR) is 123 cm³/mol. The lowest BCUT2D eigenvalue weighted by molar-refractivity contribution is 0.669. The van der Waals surface area contributed by atoms with E-state index >= 15 is 0 Å². The number of hydrogen-bond acceptors (Lipinski definition) is 3. The van der Waals surface area contributed by atoms with Gasteiger partial charge in [-0.3, -0.25) is 0 Å². The number of hydrogen-bond donors (Lipinski definition) is 1. The highest BCUT2D eigenvalue weighted by atomic mass is 16.3. The molecule has 2 N–H and O–H groups in total. The molecule has 0 aliphatic heterocycles. The minimum Gasteiger partial charge on any atom is -0.456 e. The van der Waals surface area contributed by atoms with Crippen LogP contribution in [0.1, 0.15) is 30.9 Å². The van der Waals surface area contributed by atoms with E-state index < -0.39 is 0 Å². The molecule has 0 saturated carbocycles. The van der Waals surface area contributed by atoms with Crippen molar-refractivity contribution in [3.8, 4) is 0 Å². The van der Waals surface area contributed by atoms with Gasteiger partial charge in [-0.15, -0.1) is 0 Å². The van der Waals surface area contributed by atoms with E-state index in [1.807, 2.05) is 36.4 Å². The molecule has 3 heteroatoms. The largest absolute Gasteiger partial charge is 0.456 e. The normalized spacial score (nSPS) is 12.6. The molecule has 0 bridgehead atoms. The molecule has 0 aliphatic carbocycles. The Hall–Kier alpha value is -3.59. The van der Waals surface area contributed by atoms with Gasteiger partial charge in [0, 0.05) is 10.8 Å². The minimum absolute atomic E-state index is 0.335. The van der Waals surface area contributed by atoms with E-state index in [0.717, 1.165) is 46.1 Å². The zero-order valence-electron chi connectivity index (χ0n) is 16.6. The van der Waals surface area contributed by atoms with Crippen molar-refractivity contribution < 1.29 is 4.42 Å². The molecule has 29 heavy (non-hydrogen) atoms. The maximum Gasteiger partial charge on any atom is 0.135 e. The first-order valence-electron chi connectivity index (χ1n) is 9.77. The van der Waals surface area contributed by atoms with Crippen LogP contribution in [0.3, 0.4) is 0 Å². The molecular weight excluding hydrogens is 356 g/mol. The number of nitrogens with two attached hydrogens (primary N) is 1. The van der Waals surface area contributed by atoms with Gasteiger partial charge in [0.25, 0.3) is 0 Å². The van der Waals surface area contributed by atoms with Crippen LogP contribution in [0, 0.1) is 0 Å². The molecule has 3 aromatic carbocycles. The van der Waals surface area contributed by atoms with Crippen LogP contribution < -0.4 is 5.73 Å². The van der Waals surface area contributed by atoms with Gasteiger partial charge in [0.1, 0.15) is 17.0 Å². The van der Waals surface area contributed by atoms with Gasteiger partial charge in [-0.2, -0.15) is 0 Å². The first-order chi connectivity index (χ1) is 14.1. The van der Waals surface area contributed by atoms with Gasteiger partial charge in [-0.1, -0.05) is 67.3 Å². The molecule has 144 valence electrons. The summed E-state index contributed by atoms with van der Waals surface area (Å²) in [6.45, 7) is 5.87. The molecule has 4 rings (SSSR count). The van der Waals surface area contributed by atoms with E-state index in [1.54, 1.807) is 0 Å². The standard InChI is InChI=1S/C26H24N2O/c1-18(9-8-13-24(28-19(2)27)20-10-4-3-5-11-20)21-15-16-26-23(17-21)22-12-6-7-14-25(22)29-26/h3-7,9-12,14-17H,2,8,13,27H2,1H3/b18-9+,28-24+. The van der Waals surface area contributed by atoms with Crippen LogP contribution in [0.4, 0.5) is 0 Å². The van der Waals surface area contributed by atoms with Gasteiger partial charge in [0.15, 0.2) is 0 Å². The van der Waals surface area contributed by atoms with Crippen LogP contribution in [-0.4, -0.2) is 5.71 Å². The molecule has 1 aromatic heterocycles. The first-order valence-corrected chi connectivity index (χ1v) is 9.77. The van der Waals surface area contributed by atoms with Crippen molar-refractivity contribution in [2.75, 3.05) is 0 Å². The lowest BCUT2D eigenvalue weighted by Crippen LogP contribution is -2.04. The molecule has 3 nitrogen and oxygen atoms in total. The lowest BCUT2D eigenvalue weighted by Gasteiger charge is -2.07. The van der Waals surface area contributed by atoms with E-state index in [2.05, 4.69) is 61.0 Å². The molecule has 0 unspecified atom stereocenters. The van der Waals surface area contributed by atoms with Crippen LogP contribution in [-0.2, 0) is 0 Å². The van der Waals surface area contributed by atoms with Gasteiger partial charge in [0.2, 0.25) is 0 Å². The van der Waals surface area contributed by atoms with Gasteiger partial charge in [-0.25, -0.2) is 4.99 Å². The summed E-state index contributed by atoms with van der Waals surface area (Å²) in [5.74, 6) is 0.335. The quantitative estimate of drug-likeness (QED) is 0.379. The maximum absolute atomic E-state index is 5.93. The Kier molecular flexibility index (Phi) is 5.30. The number of allylic oxidation sites excluding steroid dienone is 2. The second kappa shape index (κ2) is 8.19. The minimum atomic E-state index is 0.335. The van der Waals surface area contributed by atoms with E-state index in [-0.39, 0.29) is 0 Å². The Balaban J connectivity index is 1.56. The van der Waals surface area contributed by atoms with Crippen molar-refractivity contribution in [1.82, 2.24) is 0 Å². The van der Waals surface area contributed by atoms with Crippen LogP contribution in [0.2, 0.25) is 0 Å². The highest BCUT2D eigenvalue weighted by Gasteiger charge is 2.08. The monoisotopic (exact) mass is 380 g/mol. The summed E-state index contributed by atoms with van der Waals surface area (Å²) in [5, 5.41) is 2.30. The Morgan fingerprint density at radius 3 is 2.45 bits per heavy atom. The van der Waals surface area contributed by atoms with Crippen molar-refractivity contribution in [3.63, 3.8) is 0 Å². The molecule has 0 radical (unpaired) electrons. The number of para-hydroxylation sites is 1. The summed E-state index contributed by atoms with van der Waals surface area (Å²) >= 11 is 0. The smallest absolute Gasteiger partial charge is 0.135 e. The summed E-state index contributed by atoms with van der Waals surface area (Å²) in [4.78, 5) is 4.44. The van der Waals surface area contributed by atoms with Crippen LogP contribution in [0.25, 0.3) is 27.5 Å². The van der Waals surface area contributed by atoms with Crippen molar-refractivity contribution in [1.29, 1.82) is 0 Å². The highest BCUT2D eigenvalue weighted by molar-refractivity contribution is 6.05. The topological polar surface area (TPSA) is 51.5 Å². The molecule has 0 spiro atoms. The van der Waals surface area contributed by atoms with E-state index in [0.29, 0.717) is 5.82 Å². The summed E-state index contributed by atoms with van der Waals surface area (Å²) < 4.78 is 5.93. The number of aliphatic imine (C=N–C) groups is 1. The third kappa shape index (κ3) is 4.14. The van der Waals surface area contributed by atoms with Crippen molar-refractivity contribution in [2.45, 2.75) is 19.8 Å². The first kappa shape index (κ1) is 18.8. The second-order valence-corrected chi connectivity index (χ2v) is 7.15. The second-order valence-electron chi connectivity index (χ2n) is 7.15. The van der Waals surface area contributed by atoms with E-state index in [1.165, 1.54) is 11.1 Å². The van der Waals surface area contributed by atoms with Gasteiger partial charge in [-0.05, 0) is 54.7 Å². The number of furan rings is 1. The Bertz CT molecular complexity index is 1230. The average Bonchev–Trinajstić information content (AvgIpc) is 3.11. The zero-order chi connectivity index (χ0) is 20.2. The number of benzene rings is 3. The highest BCUT2D eigenvalue weighted by Crippen LogP contribution is 2.31. The Labute approximate surface area is 170 Å². The molecule has 0 amide bonds. The zero-order valence-corrected chi connectivity index (χ0v) is 16.6. The molecular formula is C26H24N2O. The van der Waals surface area contributed by atoms with Crippen LogP contribution in [0.5, 0.6) is 0 Å². The van der Waals surface area contributed by atoms with Crippen LogP contribution in [0.15, 0.2) is 101 Å². The summed E-state index contributed by atoms with van der Waals surface area (Å²) in [6.07, 6.45) is 3.92. The fourth-order valence-electron chi connectivity index (χ4n) is 3.58. The van der Waals surface area contributed by atoms with Gasteiger partial charge in [0.05, 0.1) is 5.71 Å². The molecule has 1 heterocycles. The lowest BCUT2D eigenvalue weighted by atomic mass is 10.0.